The van der Waals surface area contributed by atoms with E-state index in [4.69, 9.17) is 8.94 Å². The van der Waals surface area contributed by atoms with Gasteiger partial charge in [0.25, 0.3) is 5.91 Å². The van der Waals surface area contributed by atoms with Crippen molar-refractivity contribution in [2.75, 3.05) is 7.05 Å². The fraction of sp³-hybridized carbons (Fsp3) is 0.105. The van der Waals surface area contributed by atoms with Gasteiger partial charge in [-0.25, -0.2) is 4.68 Å². The van der Waals surface area contributed by atoms with Gasteiger partial charge in [0.1, 0.15) is 0 Å². The predicted molar refractivity (Wildman–Crippen MR) is 93.6 cm³/mol. The quantitative estimate of drug-likeness (QED) is 0.552. The van der Waals surface area contributed by atoms with E-state index in [2.05, 4.69) is 10.3 Å². The molecule has 0 aliphatic carbocycles. The highest BCUT2D eigenvalue weighted by Crippen LogP contribution is 2.21. The van der Waals surface area contributed by atoms with Gasteiger partial charge in [-0.2, -0.15) is 5.10 Å². The monoisotopic (exact) mass is 348 g/mol. The van der Waals surface area contributed by atoms with Gasteiger partial charge in [0.2, 0.25) is 5.76 Å². The number of carbonyl (C=O) groups is 1. The van der Waals surface area contributed by atoms with Crippen molar-refractivity contribution < 1.29 is 13.7 Å². The zero-order valence-corrected chi connectivity index (χ0v) is 14.1. The Balaban J connectivity index is 1.46. The first-order valence-corrected chi connectivity index (χ1v) is 8.06. The second-order valence-corrected chi connectivity index (χ2v) is 5.84. The molecule has 130 valence electrons. The first kappa shape index (κ1) is 15.9. The van der Waals surface area contributed by atoms with E-state index >= 15 is 0 Å². The third-order valence-corrected chi connectivity index (χ3v) is 3.92. The summed E-state index contributed by atoms with van der Waals surface area (Å²) in [6, 6.07) is 14.9. The fourth-order valence-electron chi connectivity index (χ4n) is 2.62. The van der Waals surface area contributed by atoms with Crippen LogP contribution in [-0.4, -0.2) is 32.8 Å². The number of hydrogen-bond acceptors (Lipinski definition) is 5. The van der Waals surface area contributed by atoms with Gasteiger partial charge in [-0.15, -0.1) is 0 Å². The molecular weight excluding hydrogens is 332 g/mol. The third-order valence-electron chi connectivity index (χ3n) is 3.92. The normalized spacial score (nSPS) is 10.8. The highest BCUT2D eigenvalue weighted by Gasteiger charge is 2.19. The number of furan rings is 1. The van der Waals surface area contributed by atoms with Gasteiger partial charge in [0.05, 0.1) is 18.1 Å². The molecule has 0 bridgehead atoms. The van der Waals surface area contributed by atoms with Crippen LogP contribution in [0.5, 0.6) is 0 Å². The van der Waals surface area contributed by atoms with E-state index in [1.54, 1.807) is 41.0 Å². The predicted octanol–water partition coefficient (Wildman–Crippen LogP) is 3.39. The summed E-state index contributed by atoms with van der Waals surface area (Å²) in [5.41, 5.74) is 2.11. The second kappa shape index (κ2) is 6.72. The van der Waals surface area contributed by atoms with Gasteiger partial charge in [0, 0.05) is 31.4 Å². The van der Waals surface area contributed by atoms with Crippen LogP contribution in [-0.2, 0) is 6.54 Å². The first-order valence-electron chi connectivity index (χ1n) is 8.06. The van der Waals surface area contributed by atoms with Crippen LogP contribution in [0.25, 0.3) is 17.2 Å². The van der Waals surface area contributed by atoms with Crippen LogP contribution in [0.2, 0.25) is 0 Å². The lowest BCUT2D eigenvalue weighted by atomic mass is 10.2. The van der Waals surface area contributed by atoms with E-state index in [1.165, 1.54) is 6.26 Å². The molecule has 4 rings (SSSR count). The largest absolute Gasteiger partial charge is 0.461 e. The average molecular weight is 348 g/mol. The van der Waals surface area contributed by atoms with E-state index < -0.39 is 0 Å². The summed E-state index contributed by atoms with van der Waals surface area (Å²) in [6.45, 7) is 0.411. The molecule has 0 N–H and O–H groups in total. The summed E-state index contributed by atoms with van der Waals surface area (Å²) in [5, 5.41) is 8.18. The molecule has 0 aliphatic heterocycles. The maximum absolute atomic E-state index is 12.6. The Bertz CT molecular complexity index is 1000. The van der Waals surface area contributed by atoms with Crippen molar-refractivity contribution in [1.82, 2.24) is 19.8 Å². The van der Waals surface area contributed by atoms with E-state index in [0.717, 1.165) is 11.3 Å². The molecule has 0 saturated carbocycles. The molecular formula is C19H16N4O3. The topological polar surface area (TPSA) is 77.3 Å². The van der Waals surface area contributed by atoms with Crippen molar-refractivity contribution >= 4 is 5.91 Å². The molecule has 26 heavy (non-hydrogen) atoms. The first-order chi connectivity index (χ1) is 12.7. The van der Waals surface area contributed by atoms with E-state index in [1.807, 2.05) is 36.5 Å². The number of hydrogen-bond donors (Lipinski definition) is 0. The van der Waals surface area contributed by atoms with Gasteiger partial charge in [0.15, 0.2) is 11.5 Å². The molecule has 0 unspecified atom stereocenters. The van der Waals surface area contributed by atoms with Crippen molar-refractivity contribution in [3.63, 3.8) is 0 Å². The lowest BCUT2D eigenvalue weighted by Crippen LogP contribution is -2.26. The molecule has 0 fully saturated rings. The molecule has 0 spiro atoms. The van der Waals surface area contributed by atoms with Gasteiger partial charge in [-0.1, -0.05) is 23.4 Å². The number of rotatable bonds is 5. The number of para-hydroxylation sites is 1. The Morgan fingerprint density at radius 3 is 2.77 bits per heavy atom. The van der Waals surface area contributed by atoms with Crippen LogP contribution in [0.3, 0.4) is 0 Å². The summed E-state index contributed by atoms with van der Waals surface area (Å²) >= 11 is 0. The van der Waals surface area contributed by atoms with Crippen molar-refractivity contribution in [1.29, 1.82) is 0 Å². The van der Waals surface area contributed by atoms with Crippen LogP contribution >= 0.6 is 0 Å². The number of carbonyl (C=O) groups excluding carboxylic acids is 1. The van der Waals surface area contributed by atoms with Crippen molar-refractivity contribution in [3.05, 3.63) is 78.4 Å². The summed E-state index contributed by atoms with van der Waals surface area (Å²) in [7, 11) is 1.71. The molecule has 0 atom stereocenters. The summed E-state index contributed by atoms with van der Waals surface area (Å²) < 4.78 is 12.2. The van der Waals surface area contributed by atoms with Gasteiger partial charge in [-0.3, -0.25) is 4.79 Å². The molecule has 7 nitrogen and oxygen atoms in total. The van der Waals surface area contributed by atoms with E-state index in [-0.39, 0.29) is 11.6 Å². The molecule has 1 aromatic carbocycles. The fourth-order valence-corrected chi connectivity index (χ4v) is 2.62. The van der Waals surface area contributed by atoms with Crippen molar-refractivity contribution in [3.8, 4) is 17.2 Å². The second-order valence-electron chi connectivity index (χ2n) is 5.84. The Kier molecular flexibility index (Phi) is 4.10. The molecule has 0 radical (unpaired) electrons. The smallest absolute Gasteiger partial charge is 0.276 e. The summed E-state index contributed by atoms with van der Waals surface area (Å²) in [5.74, 6) is 0.714. The number of benzene rings is 1. The minimum atomic E-state index is -0.237. The molecule has 7 heteroatoms. The van der Waals surface area contributed by atoms with Gasteiger partial charge < -0.3 is 13.8 Å². The standard InChI is InChI=1S/C19H16N4O3/c1-22(12-14-11-20-23(13-14)15-6-3-2-4-7-15)19(24)16-10-18(26-21-16)17-8-5-9-25-17/h2-11,13H,12H2,1H3. The number of nitrogens with zero attached hydrogens (tertiary/aromatic N) is 4. The van der Waals surface area contributed by atoms with Crippen LogP contribution in [0, 0.1) is 0 Å². The zero-order chi connectivity index (χ0) is 17.9. The van der Waals surface area contributed by atoms with E-state index in [9.17, 15) is 4.79 Å². The lowest BCUT2D eigenvalue weighted by Gasteiger charge is -2.14. The summed E-state index contributed by atoms with van der Waals surface area (Å²) in [4.78, 5) is 14.1. The lowest BCUT2D eigenvalue weighted by molar-refractivity contribution is 0.0775. The van der Waals surface area contributed by atoms with Gasteiger partial charge in [-0.05, 0) is 24.3 Å². The number of aromatic nitrogens is 3. The van der Waals surface area contributed by atoms with Crippen LogP contribution in [0.1, 0.15) is 16.1 Å². The van der Waals surface area contributed by atoms with Gasteiger partial charge >= 0.3 is 0 Å². The van der Waals surface area contributed by atoms with Crippen molar-refractivity contribution in [2.45, 2.75) is 6.54 Å². The highest BCUT2D eigenvalue weighted by molar-refractivity contribution is 5.92. The minimum Gasteiger partial charge on any atom is -0.461 e. The molecule has 3 aromatic heterocycles. The third kappa shape index (κ3) is 3.14. The maximum Gasteiger partial charge on any atom is 0.276 e. The van der Waals surface area contributed by atoms with Crippen LogP contribution < -0.4 is 0 Å². The maximum atomic E-state index is 12.6. The van der Waals surface area contributed by atoms with Crippen LogP contribution in [0.4, 0.5) is 0 Å². The minimum absolute atomic E-state index is 0.231. The Morgan fingerprint density at radius 1 is 1.15 bits per heavy atom. The Morgan fingerprint density at radius 2 is 2.00 bits per heavy atom. The van der Waals surface area contributed by atoms with E-state index in [0.29, 0.717) is 18.1 Å². The van der Waals surface area contributed by atoms with Crippen molar-refractivity contribution in [2.24, 2.45) is 0 Å². The SMILES string of the molecule is CN(Cc1cnn(-c2ccccc2)c1)C(=O)c1cc(-c2ccco2)on1. The Hall–Kier alpha value is -3.61. The molecule has 3 heterocycles. The highest BCUT2D eigenvalue weighted by atomic mass is 16.5. The molecule has 4 aromatic rings. The molecule has 0 aliphatic rings. The molecule has 0 saturated heterocycles. The molecule has 1 amide bonds. The average Bonchev–Trinajstić information content (AvgIpc) is 3.42. The Labute approximate surface area is 149 Å². The zero-order valence-electron chi connectivity index (χ0n) is 14.1. The summed E-state index contributed by atoms with van der Waals surface area (Å²) in [6.07, 6.45) is 5.18. The number of amides is 1. The van der Waals surface area contributed by atoms with Crippen LogP contribution in [0.15, 0.2) is 76.1 Å².